The van der Waals surface area contributed by atoms with Gasteiger partial charge in [0.1, 0.15) is 5.75 Å². The van der Waals surface area contributed by atoms with Gasteiger partial charge in [-0.25, -0.2) is 0 Å². The standard InChI is InChI=1S/C15H23NO2/c1-15(2,3)10-8-14(17)18-13-6-4-12(5-7-13)9-11-16/h4-7H,8-11,16H2,1-3H3. The van der Waals surface area contributed by atoms with E-state index in [1.54, 1.807) is 0 Å². The quantitative estimate of drug-likeness (QED) is 0.645. The molecule has 0 saturated carbocycles. The lowest BCUT2D eigenvalue weighted by molar-refractivity contribution is -0.134. The number of carbonyl (C=O) groups is 1. The van der Waals surface area contributed by atoms with Gasteiger partial charge in [0, 0.05) is 6.42 Å². The van der Waals surface area contributed by atoms with Crippen LogP contribution in [0.4, 0.5) is 0 Å². The molecule has 0 radical (unpaired) electrons. The summed E-state index contributed by atoms with van der Waals surface area (Å²) in [5.41, 5.74) is 6.79. The minimum atomic E-state index is -0.170. The van der Waals surface area contributed by atoms with Crippen LogP contribution in [0, 0.1) is 5.41 Å². The first-order valence-electron chi connectivity index (χ1n) is 6.40. The van der Waals surface area contributed by atoms with E-state index < -0.39 is 0 Å². The highest BCUT2D eigenvalue weighted by Crippen LogP contribution is 2.21. The third-order valence-electron chi connectivity index (χ3n) is 2.67. The molecule has 0 aromatic heterocycles. The van der Waals surface area contributed by atoms with Crippen LogP contribution in [-0.2, 0) is 11.2 Å². The molecule has 0 aliphatic rings. The third-order valence-corrected chi connectivity index (χ3v) is 2.67. The van der Waals surface area contributed by atoms with Crippen LogP contribution in [0.15, 0.2) is 24.3 Å². The summed E-state index contributed by atoms with van der Waals surface area (Å²) < 4.78 is 5.27. The second kappa shape index (κ2) is 6.55. The van der Waals surface area contributed by atoms with Crippen molar-refractivity contribution in [3.63, 3.8) is 0 Å². The van der Waals surface area contributed by atoms with Gasteiger partial charge in [-0.1, -0.05) is 32.9 Å². The molecular formula is C15H23NO2. The average Bonchev–Trinajstić information content (AvgIpc) is 2.29. The fraction of sp³-hybridized carbons (Fsp3) is 0.533. The molecule has 0 saturated heterocycles. The van der Waals surface area contributed by atoms with Crippen LogP contribution >= 0.6 is 0 Å². The Bertz CT molecular complexity index is 376. The molecule has 0 spiro atoms. The topological polar surface area (TPSA) is 52.3 Å². The van der Waals surface area contributed by atoms with Crippen LogP contribution in [0.25, 0.3) is 0 Å². The number of hydrogen-bond acceptors (Lipinski definition) is 3. The lowest BCUT2D eigenvalue weighted by Gasteiger charge is -2.16. The number of ether oxygens (including phenoxy) is 1. The lowest BCUT2D eigenvalue weighted by Crippen LogP contribution is -2.13. The van der Waals surface area contributed by atoms with Crippen molar-refractivity contribution in [1.29, 1.82) is 0 Å². The van der Waals surface area contributed by atoms with Crippen molar-refractivity contribution in [1.82, 2.24) is 0 Å². The van der Waals surface area contributed by atoms with E-state index >= 15 is 0 Å². The van der Waals surface area contributed by atoms with Gasteiger partial charge in [-0.3, -0.25) is 4.79 Å². The molecule has 100 valence electrons. The van der Waals surface area contributed by atoms with E-state index in [-0.39, 0.29) is 11.4 Å². The van der Waals surface area contributed by atoms with Crippen molar-refractivity contribution >= 4 is 5.97 Å². The van der Waals surface area contributed by atoms with Gasteiger partial charge in [0.05, 0.1) is 0 Å². The summed E-state index contributed by atoms with van der Waals surface area (Å²) in [6.45, 7) is 6.97. The molecule has 0 atom stereocenters. The summed E-state index contributed by atoms with van der Waals surface area (Å²) in [7, 11) is 0. The number of nitrogens with two attached hydrogens (primary N) is 1. The van der Waals surface area contributed by atoms with Gasteiger partial charge < -0.3 is 10.5 Å². The zero-order valence-corrected chi connectivity index (χ0v) is 11.5. The Hall–Kier alpha value is -1.35. The first-order chi connectivity index (χ1) is 8.40. The summed E-state index contributed by atoms with van der Waals surface area (Å²) in [4.78, 5) is 11.6. The Morgan fingerprint density at radius 3 is 2.33 bits per heavy atom. The van der Waals surface area contributed by atoms with E-state index in [0.29, 0.717) is 18.7 Å². The van der Waals surface area contributed by atoms with E-state index in [2.05, 4.69) is 20.8 Å². The minimum absolute atomic E-state index is 0.157. The van der Waals surface area contributed by atoms with Gasteiger partial charge in [0.15, 0.2) is 0 Å². The van der Waals surface area contributed by atoms with Crippen LogP contribution in [0.3, 0.4) is 0 Å². The van der Waals surface area contributed by atoms with E-state index in [1.807, 2.05) is 24.3 Å². The smallest absolute Gasteiger partial charge is 0.311 e. The summed E-state index contributed by atoms with van der Waals surface area (Å²) in [6, 6.07) is 7.53. The van der Waals surface area contributed by atoms with Gasteiger partial charge in [-0.15, -0.1) is 0 Å². The van der Waals surface area contributed by atoms with Gasteiger partial charge in [0.2, 0.25) is 0 Å². The Kier molecular flexibility index (Phi) is 5.35. The fourth-order valence-corrected chi connectivity index (χ4v) is 1.55. The molecule has 0 unspecified atom stereocenters. The third kappa shape index (κ3) is 5.82. The maximum absolute atomic E-state index is 11.6. The molecule has 1 aromatic carbocycles. The monoisotopic (exact) mass is 249 g/mol. The molecule has 0 amide bonds. The number of hydrogen-bond donors (Lipinski definition) is 1. The molecule has 2 N–H and O–H groups in total. The highest BCUT2D eigenvalue weighted by molar-refractivity contribution is 5.72. The lowest BCUT2D eigenvalue weighted by atomic mass is 9.91. The summed E-state index contributed by atoms with van der Waals surface area (Å²) in [6.07, 6.45) is 2.13. The highest BCUT2D eigenvalue weighted by atomic mass is 16.5. The number of esters is 1. The minimum Gasteiger partial charge on any atom is -0.427 e. The predicted octanol–water partition coefficient (Wildman–Crippen LogP) is 2.92. The van der Waals surface area contributed by atoms with E-state index in [4.69, 9.17) is 10.5 Å². The van der Waals surface area contributed by atoms with Crippen LogP contribution in [0.2, 0.25) is 0 Å². The van der Waals surface area contributed by atoms with E-state index in [0.717, 1.165) is 18.4 Å². The first-order valence-corrected chi connectivity index (χ1v) is 6.40. The SMILES string of the molecule is CC(C)(C)CCC(=O)Oc1ccc(CCN)cc1. The maximum atomic E-state index is 11.6. The molecule has 3 heteroatoms. The van der Waals surface area contributed by atoms with Crippen molar-refractivity contribution in [2.75, 3.05) is 6.54 Å². The van der Waals surface area contributed by atoms with E-state index in [1.165, 1.54) is 0 Å². The average molecular weight is 249 g/mol. The summed E-state index contributed by atoms with van der Waals surface area (Å²) >= 11 is 0. The second-order valence-corrected chi connectivity index (χ2v) is 5.72. The van der Waals surface area contributed by atoms with Crippen LogP contribution in [-0.4, -0.2) is 12.5 Å². The van der Waals surface area contributed by atoms with Crippen molar-refractivity contribution in [3.05, 3.63) is 29.8 Å². The Labute approximate surface area is 109 Å². The largest absolute Gasteiger partial charge is 0.427 e. The van der Waals surface area contributed by atoms with Crippen molar-refractivity contribution in [2.45, 2.75) is 40.0 Å². The Morgan fingerprint density at radius 1 is 1.22 bits per heavy atom. The summed E-state index contributed by atoms with van der Waals surface area (Å²) in [5.74, 6) is 0.436. The number of carbonyl (C=O) groups excluding carboxylic acids is 1. The normalized spacial score (nSPS) is 11.3. The molecule has 0 bridgehead atoms. The van der Waals surface area contributed by atoms with Crippen molar-refractivity contribution in [3.8, 4) is 5.75 Å². The van der Waals surface area contributed by atoms with Crippen molar-refractivity contribution in [2.24, 2.45) is 11.1 Å². The van der Waals surface area contributed by atoms with Gasteiger partial charge in [-0.05, 0) is 42.5 Å². The van der Waals surface area contributed by atoms with Crippen LogP contribution < -0.4 is 10.5 Å². The maximum Gasteiger partial charge on any atom is 0.311 e. The molecule has 0 fully saturated rings. The van der Waals surface area contributed by atoms with Crippen LogP contribution in [0.5, 0.6) is 5.75 Å². The van der Waals surface area contributed by atoms with Gasteiger partial charge in [0.25, 0.3) is 0 Å². The zero-order valence-electron chi connectivity index (χ0n) is 11.5. The predicted molar refractivity (Wildman–Crippen MR) is 73.5 cm³/mol. The second-order valence-electron chi connectivity index (χ2n) is 5.72. The Balaban J connectivity index is 2.44. The molecule has 18 heavy (non-hydrogen) atoms. The number of rotatable bonds is 5. The fourth-order valence-electron chi connectivity index (χ4n) is 1.55. The Morgan fingerprint density at radius 2 is 1.83 bits per heavy atom. The molecule has 3 nitrogen and oxygen atoms in total. The number of benzene rings is 1. The molecule has 1 rings (SSSR count). The molecule has 1 aromatic rings. The highest BCUT2D eigenvalue weighted by Gasteiger charge is 2.14. The van der Waals surface area contributed by atoms with Gasteiger partial charge in [-0.2, -0.15) is 0 Å². The van der Waals surface area contributed by atoms with Crippen molar-refractivity contribution < 1.29 is 9.53 Å². The van der Waals surface area contributed by atoms with E-state index in [9.17, 15) is 4.79 Å². The molecule has 0 aliphatic carbocycles. The summed E-state index contributed by atoms with van der Waals surface area (Å²) in [5, 5.41) is 0. The molecule has 0 heterocycles. The van der Waals surface area contributed by atoms with Crippen LogP contribution in [0.1, 0.15) is 39.2 Å². The van der Waals surface area contributed by atoms with Gasteiger partial charge >= 0.3 is 5.97 Å². The molecule has 0 aliphatic heterocycles. The zero-order chi connectivity index (χ0) is 13.6. The molecular weight excluding hydrogens is 226 g/mol. The first kappa shape index (κ1) is 14.7.